The van der Waals surface area contributed by atoms with Gasteiger partial charge in [0.1, 0.15) is 24.6 Å². The number of hydrogen-bond donors (Lipinski definition) is 0. The first-order valence-electron chi connectivity index (χ1n) is 4.68. The molecule has 1 aliphatic rings. The molecule has 1 saturated heterocycles. The smallest absolute Gasteiger partial charge is 0.416 e. The van der Waals surface area contributed by atoms with E-state index >= 15 is 0 Å². The first kappa shape index (κ1) is 10.7. The zero-order chi connectivity index (χ0) is 11.7. The van der Waals surface area contributed by atoms with E-state index in [1.54, 1.807) is 0 Å². The number of carbonyl (C=O) groups excluding carboxylic acids is 1. The highest BCUT2D eigenvalue weighted by molar-refractivity contribution is 5.89. The van der Waals surface area contributed by atoms with Gasteiger partial charge >= 0.3 is 12.2 Å². The number of nitrogens with zero attached hydrogens (tertiary/aromatic N) is 3. The van der Waals surface area contributed by atoms with Gasteiger partial charge in [-0.25, -0.2) is 14.2 Å². The molecular weight excluding hydrogens is 220 g/mol. The van der Waals surface area contributed by atoms with Crippen molar-refractivity contribution in [1.29, 1.82) is 0 Å². The average molecular weight is 229 g/mol. The van der Waals surface area contributed by atoms with E-state index in [4.69, 9.17) is 4.74 Å². The molecule has 0 N–H and O–H groups in total. The summed E-state index contributed by atoms with van der Waals surface area (Å²) in [6.07, 6.45) is -1.83. The molecule has 2 atom stereocenters. The minimum absolute atomic E-state index is 0.00417. The van der Waals surface area contributed by atoms with Crippen LogP contribution in [0.4, 0.5) is 19.4 Å². The van der Waals surface area contributed by atoms with Crippen molar-refractivity contribution >= 4 is 11.9 Å². The average Bonchev–Trinajstić information content (AvgIpc) is 2.60. The van der Waals surface area contributed by atoms with Gasteiger partial charge < -0.3 is 4.74 Å². The highest BCUT2D eigenvalue weighted by atomic mass is 19.1. The number of rotatable bonds is 2. The summed E-state index contributed by atoms with van der Waals surface area (Å²) in [4.78, 5) is 19.0. The van der Waals surface area contributed by atoms with E-state index in [0.29, 0.717) is 0 Å². The van der Waals surface area contributed by atoms with Crippen LogP contribution in [-0.2, 0) is 4.74 Å². The third kappa shape index (κ3) is 1.80. The van der Waals surface area contributed by atoms with Crippen LogP contribution in [0.1, 0.15) is 6.92 Å². The van der Waals surface area contributed by atoms with Gasteiger partial charge in [-0.15, -0.1) is 0 Å². The van der Waals surface area contributed by atoms with Gasteiger partial charge in [0.25, 0.3) is 0 Å². The Morgan fingerprint density at radius 2 is 2.44 bits per heavy atom. The summed E-state index contributed by atoms with van der Waals surface area (Å²) in [6.45, 7) is 1.24. The van der Waals surface area contributed by atoms with Crippen LogP contribution in [0.25, 0.3) is 0 Å². The molecule has 1 fully saturated rings. The second-order valence-electron chi connectivity index (χ2n) is 3.38. The van der Waals surface area contributed by atoms with Crippen molar-refractivity contribution in [2.45, 2.75) is 19.1 Å². The zero-order valence-corrected chi connectivity index (χ0v) is 8.43. The summed E-state index contributed by atoms with van der Waals surface area (Å²) >= 11 is 0. The lowest BCUT2D eigenvalue weighted by Gasteiger charge is -2.20. The minimum Gasteiger partial charge on any atom is -0.447 e. The number of carbonyl (C=O) groups is 1. The fourth-order valence-electron chi connectivity index (χ4n) is 1.50. The largest absolute Gasteiger partial charge is 0.447 e. The summed E-state index contributed by atoms with van der Waals surface area (Å²) in [6, 6.07) is 0.548. The van der Waals surface area contributed by atoms with Gasteiger partial charge in [-0.1, -0.05) is 0 Å². The van der Waals surface area contributed by atoms with Crippen LogP contribution in [-0.4, -0.2) is 34.9 Å². The number of anilines is 1. The standard InChI is InChI=1S/C9H9F2N3O2/c1-5(10)6-4-16-9(15)14(6)7-2-3-12-8(11)13-7/h2-3,5-6H,4H2,1H3/t5-,6?/m0/s1. The quantitative estimate of drug-likeness (QED) is 0.717. The maximum atomic E-state index is 13.2. The predicted molar refractivity (Wildman–Crippen MR) is 50.2 cm³/mol. The van der Waals surface area contributed by atoms with E-state index in [1.807, 2.05) is 0 Å². The molecule has 0 radical (unpaired) electrons. The van der Waals surface area contributed by atoms with Gasteiger partial charge in [-0.3, -0.25) is 4.90 Å². The van der Waals surface area contributed by atoms with E-state index < -0.39 is 24.4 Å². The Balaban J connectivity index is 2.33. The molecule has 1 unspecified atom stereocenters. The Kier molecular flexibility index (Phi) is 2.67. The summed E-state index contributed by atoms with van der Waals surface area (Å²) in [5, 5.41) is 0. The minimum atomic E-state index is -1.29. The van der Waals surface area contributed by atoms with Gasteiger partial charge in [0.05, 0.1) is 0 Å². The molecule has 0 saturated carbocycles. The maximum absolute atomic E-state index is 13.2. The summed E-state index contributed by atoms with van der Waals surface area (Å²) in [5.41, 5.74) is 0. The Morgan fingerprint density at radius 1 is 1.69 bits per heavy atom. The number of hydrogen-bond acceptors (Lipinski definition) is 4. The Morgan fingerprint density at radius 3 is 3.06 bits per heavy atom. The van der Waals surface area contributed by atoms with Crippen LogP contribution in [0.3, 0.4) is 0 Å². The van der Waals surface area contributed by atoms with Gasteiger partial charge in [0.2, 0.25) is 0 Å². The lowest BCUT2D eigenvalue weighted by atomic mass is 10.2. The first-order valence-corrected chi connectivity index (χ1v) is 4.68. The van der Waals surface area contributed by atoms with Crippen LogP contribution in [0.15, 0.2) is 12.3 Å². The summed E-state index contributed by atoms with van der Waals surface area (Å²) in [7, 11) is 0. The number of amides is 1. The van der Waals surface area contributed by atoms with Crippen molar-refractivity contribution in [3.63, 3.8) is 0 Å². The molecule has 16 heavy (non-hydrogen) atoms. The lowest BCUT2D eigenvalue weighted by molar-refractivity contribution is 0.174. The molecule has 86 valence electrons. The molecule has 1 aromatic heterocycles. The first-order chi connectivity index (χ1) is 7.59. The number of alkyl halides is 1. The van der Waals surface area contributed by atoms with Gasteiger partial charge in [-0.2, -0.15) is 9.37 Å². The van der Waals surface area contributed by atoms with Crippen LogP contribution in [0.5, 0.6) is 0 Å². The Bertz CT molecular complexity index is 413. The molecule has 0 aromatic carbocycles. The van der Waals surface area contributed by atoms with E-state index in [1.165, 1.54) is 13.0 Å². The van der Waals surface area contributed by atoms with Crippen molar-refractivity contribution in [2.24, 2.45) is 0 Å². The molecular formula is C9H9F2N3O2. The van der Waals surface area contributed by atoms with Crippen molar-refractivity contribution in [3.05, 3.63) is 18.3 Å². The number of aromatic nitrogens is 2. The van der Waals surface area contributed by atoms with Crippen LogP contribution < -0.4 is 4.90 Å². The molecule has 1 aliphatic heterocycles. The Labute approximate surface area is 90.1 Å². The summed E-state index contributed by atoms with van der Waals surface area (Å²) in [5.74, 6) is 0.00417. The van der Waals surface area contributed by atoms with Crippen molar-refractivity contribution < 1.29 is 18.3 Å². The normalized spacial score (nSPS) is 22.1. The van der Waals surface area contributed by atoms with Crippen LogP contribution in [0.2, 0.25) is 0 Å². The summed E-state index contributed by atoms with van der Waals surface area (Å²) < 4.78 is 30.7. The van der Waals surface area contributed by atoms with Gasteiger partial charge in [0, 0.05) is 6.20 Å². The fraction of sp³-hybridized carbons (Fsp3) is 0.444. The second-order valence-corrected chi connectivity index (χ2v) is 3.38. The van der Waals surface area contributed by atoms with E-state index in [0.717, 1.165) is 11.1 Å². The predicted octanol–water partition coefficient (Wildman–Crippen LogP) is 1.30. The molecule has 2 heterocycles. The number of cyclic esters (lactones) is 1. The molecule has 1 amide bonds. The third-order valence-corrected chi connectivity index (χ3v) is 2.29. The maximum Gasteiger partial charge on any atom is 0.416 e. The number of ether oxygens (including phenoxy) is 1. The second kappa shape index (κ2) is 3.99. The van der Waals surface area contributed by atoms with E-state index in [2.05, 4.69) is 9.97 Å². The highest BCUT2D eigenvalue weighted by Crippen LogP contribution is 2.23. The molecule has 0 aliphatic carbocycles. The monoisotopic (exact) mass is 229 g/mol. The zero-order valence-electron chi connectivity index (χ0n) is 8.43. The van der Waals surface area contributed by atoms with Crippen LogP contribution >= 0.6 is 0 Å². The molecule has 5 nitrogen and oxygen atoms in total. The van der Waals surface area contributed by atoms with E-state index in [9.17, 15) is 13.6 Å². The SMILES string of the molecule is C[C@H](F)C1COC(=O)N1c1ccnc(F)n1. The van der Waals surface area contributed by atoms with Gasteiger partial charge in [-0.05, 0) is 13.0 Å². The van der Waals surface area contributed by atoms with Crippen molar-refractivity contribution in [1.82, 2.24) is 9.97 Å². The molecule has 0 spiro atoms. The molecule has 2 rings (SSSR count). The molecule has 7 heteroatoms. The van der Waals surface area contributed by atoms with Crippen molar-refractivity contribution in [3.8, 4) is 0 Å². The topological polar surface area (TPSA) is 55.3 Å². The lowest BCUT2D eigenvalue weighted by Crippen LogP contribution is -2.39. The van der Waals surface area contributed by atoms with Crippen molar-refractivity contribution in [2.75, 3.05) is 11.5 Å². The molecule has 0 bridgehead atoms. The Hall–Kier alpha value is -1.79. The van der Waals surface area contributed by atoms with Gasteiger partial charge in [0.15, 0.2) is 0 Å². The fourth-order valence-corrected chi connectivity index (χ4v) is 1.50. The molecule has 1 aromatic rings. The third-order valence-electron chi connectivity index (χ3n) is 2.29. The van der Waals surface area contributed by atoms with Crippen LogP contribution in [0, 0.1) is 6.08 Å². The number of halogens is 2. The highest BCUT2D eigenvalue weighted by Gasteiger charge is 2.38. The van der Waals surface area contributed by atoms with E-state index in [-0.39, 0.29) is 12.4 Å².